The summed E-state index contributed by atoms with van der Waals surface area (Å²) in [7, 11) is 0. The molecule has 21 heavy (non-hydrogen) atoms. The lowest BCUT2D eigenvalue weighted by Gasteiger charge is -2.39. The number of carboxylic acids is 1. The van der Waals surface area contributed by atoms with Crippen molar-refractivity contribution >= 4 is 5.97 Å². The Kier molecular flexibility index (Phi) is 3.89. The summed E-state index contributed by atoms with van der Waals surface area (Å²) in [6.45, 7) is 5.25. The van der Waals surface area contributed by atoms with E-state index in [1.807, 2.05) is 13.0 Å². The largest absolute Gasteiger partial charge is 0.493 e. The third-order valence-corrected chi connectivity index (χ3v) is 4.95. The molecule has 4 heteroatoms. The zero-order valence-electron chi connectivity index (χ0n) is 12.6. The molecule has 0 saturated carbocycles. The monoisotopic (exact) mass is 289 g/mol. The number of nitrogens with zero attached hydrogens (tertiary/aromatic N) is 1. The normalized spacial score (nSPS) is 25.4. The smallest absolute Gasteiger partial charge is 0.310 e. The molecule has 0 amide bonds. The molecule has 2 heterocycles. The second-order valence-electron chi connectivity index (χ2n) is 6.29. The molecule has 2 aliphatic rings. The highest BCUT2D eigenvalue weighted by molar-refractivity contribution is 5.75. The van der Waals surface area contributed by atoms with Crippen LogP contribution in [0.5, 0.6) is 5.75 Å². The third-order valence-electron chi connectivity index (χ3n) is 4.95. The summed E-state index contributed by atoms with van der Waals surface area (Å²) < 4.78 is 5.53. The van der Waals surface area contributed by atoms with E-state index in [1.165, 1.54) is 11.1 Å². The minimum absolute atomic E-state index is 0.557. The highest BCUT2D eigenvalue weighted by atomic mass is 16.5. The fourth-order valence-corrected chi connectivity index (χ4v) is 3.57. The first-order valence-corrected chi connectivity index (χ1v) is 7.83. The lowest BCUT2D eigenvalue weighted by molar-refractivity contribution is -0.153. The molecular formula is C17H23NO3. The van der Waals surface area contributed by atoms with Crippen LogP contribution in [0.25, 0.3) is 0 Å². The van der Waals surface area contributed by atoms with Gasteiger partial charge in [0.1, 0.15) is 5.75 Å². The Bertz CT molecular complexity index is 543. The van der Waals surface area contributed by atoms with Crippen LogP contribution < -0.4 is 4.74 Å². The molecule has 0 aromatic heterocycles. The number of likely N-dealkylation sites (tertiary alicyclic amines) is 1. The predicted octanol–water partition coefficient (Wildman–Crippen LogP) is 2.70. The number of carboxylic acid groups (broad SMARTS) is 1. The van der Waals surface area contributed by atoms with E-state index in [4.69, 9.17) is 4.74 Å². The quantitative estimate of drug-likeness (QED) is 0.926. The summed E-state index contributed by atoms with van der Waals surface area (Å²) >= 11 is 0. The molecule has 4 nitrogen and oxygen atoms in total. The number of aliphatic carboxylic acids is 1. The summed E-state index contributed by atoms with van der Waals surface area (Å²) in [6.07, 6.45) is 3.45. The van der Waals surface area contributed by atoms with Crippen molar-refractivity contribution in [2.45, 2.75) is 39.2 Å². The molecule has 1 fully saturated rings. The van der Waals surface area contributed by atoms with E-state index >= 15 is 0 Å². The van der Waals surface area contributed by atoms with Crippen LogP contribution in [0.3, 0.4) is 0 Å². The van der Waals surface area contributed by atoms with Crippen molar-refractivity contribution in [1.29, 1.82) is 0 Å². The minimum Gasteiger partial charge on any atom is -0.493 e. The van der Waals surface area contributed by atoms with Crippen LogP contribution in [0.1, 0.15) is 37.3 Å². The second kappa shape index (κ2) is 5.68. The zero-order valence-corrected chi connectivity index (χ0v) is 12.6. The van der Waals surface area contributed by atoms with Crippen LogP contribution in [0.15, 0.2) is 18.2 Å². The summed E-state index contributed by atoms with van der Waals surface area (Å²) in [5, 5.41) is 9.56. The summed E-state index contributed by atoms with van der Waals surface area (Å²) in [5.74, 6) is 0.364. The number of carbonyl (C=O) groups is 1. The Hall–Kier alpha value is -1.55. The summed E-state index contributed by atoms with van der Waals surface area (Å²) in [4.78, 5) is 13.9. The van der Waals surface area contributed by atoms with Gasteiger partial charge >= 0.3 is 5.97 Å². The maximum atomic E-state index is 11.6. The maximum Gasteiger partial charge on any atom is 0.310 e. The van der Waals surface area contributed by atoms with Crippen molar-refractivity contribution in [3.63, 3.8) is 0 Å². The van der Waals surface area contributed by atoms with Crippen LogP contribution >= 0.6 is 0 Å². The number of rotatable bonds is 4. The molecule has 0 aliphatic carbocycles. The van der Waals surface area contributed by atoms with Gasteiger partial charge in [0.2, 0.25) is 0 Å². The fraction of sp³-hybridized carbons (Fsp3) is 0.588. The number of ether oxygens (including phenoxy) is 1. The van der Waals surface area contributed by atoms with E-state index in [-0.39, 0.29) is 0 Å². The van der Waals surface area contributed by atoms with Gasteiger partial charge in [-0.05, 0) is 43.0 Å². The number of hydrogen-bond donors (Lipinski definition) is 1. The first-order chi connectivity index (χ1) is 10.1. The van der Waals surface area contributed by atoms with Crippen molar-refractivity contribution in [3.8, 4) is 5.75 Å². The molecule has 1 N–H and O–H groups in total. The molecule has 1 aromatic rings. The SMILES string of the molecule is CCC1(C(=O)O)CCCN(Cc2ccc3c(c2)CCO3)C1. The van der Waals surface area contributed by atoms with Crippen molar-refractivity contribution in [2.75, 3.05) is 19.7 Å². The van der Waals surface area contributed by atoms with Gasteiger partial charge in [-0.2, -0.15) is 0 Å². The van der Waals surface area contributed by atoms with Crippen LogP contribution in [-0.4, -0.2) is 35.7 Å². The molecule has 0 radical (unpaired) electrons. The van der Waals surface area contributed by atoms with Gasteiger partial charge in [-0.15, -0.1) is 0 Å². The van der Waals surface area contributed by atoms with Crippen LogP contribution in [-0.2, 0) is 17.8 Å². The highest BCUT2D eigenvalue weighted by Gasteiger charge is 2.40. The molecule has 1 atom stereocenters. The van der Waals surface area contributed by atoms with Gasteiger partial charge in [0.25, 0.3) is 0 Å². The van der Waals surface area contributed by atoms with Crippen molar-refractivity contribution in [2.24, 2.45) is 5.41 Å². The van der Waals surface area contributed by atoms with Gasteiger partial charge in [0, 0.05) is 19.5 Å². The summed E-state index contributed by atoms with van der Waals surface area (Å²) in [5.41, 5.74) is 1.99. The highest BCUT2D eigenvalue weighted by Crippen LogP contribution is 2.34. The molecule has 0 bridgehead atoms. The van der Waals surface area contributed by atoms with Crippen molar-refractivity contribution in [1.82, 2.24) is 4.90 Å². The zero-order chi connectivity index (χ0) is 14.9. The molecule has 114 valence electrons. The van der Waals surface area contributed by atoms with Gasteiger partial charge in [0.15, 0.2) is 0 Å². The van der Waals surface area contributed by atoms with Gasteiger partial charge in [-0.25, -0.2) is 0 Å². The first-order valence-electron chi connectivity index (χ1n) is 7.83. The number of hydrogen-bond acceptors (Lipinski definition) is 3. The minimum atomic E-state index is -0.642. The Balaban J connectivity index is 1.71. The molecule has 1 aromatic carbocycles. The topological polar surface area (TPSA) is 49.8 Å². The first kappa shape index (κ1) is 14.4. The third kappa shape index (κ3) is 2.77. The van der Waals surface area contributed by atoms with Crippen molar-refractivity contribution < 1.29 is 14.6 Å². The van der Waals surface area contributed by atoms with Crippen LogP contribution in [0.4, 0.5) is 0 Å². The summed E-state index contributed by atoms with van der Waals surface area (Å²) in [6, 6.07) is 6.37. The molecule has 3 rings (SSSR count). The van der Waals surface area contributed by atoms with Crippen LogP contribution in [0.2, 0.25) is 0 Å². The average Bonchev–Trinajstić information content (AvgIpc) is 2.94. The van der Waals surface area contributed by atoms with E-state index in [0.717, 1.165) is 44.7 Å². The van der Waals surface area contributed by atoms with Gasteiger partial charge in [-0.3, -0.25) is 9.69 Å². The van der Waals surface area contributed by atoms with Gasteiger partial charge in [0.05, 0.1) is 12.0 Å². The molecule has 1 saturated heterocycles. The number of piperidine rings is 1. The Morgan fingerprint density at radius 3 is 3.10 bits per heavy atom. The average molecular weight is 289 g/mol. The molecule has 2 aliphatic heterocycles. The fourth-order valence-electron chi connectivity index (χ4n) is 3.57. The van der Waals surface area contributed by atoms with E-state index in [9.17, 15) is 9.90 Å². The number of benzene rings is 1. The van der Waals surface area contributed by atoms with E-state index < -0.39 is 11.4 Å². The van der Waals surface area contributed by atoms with E-state index in [2.05, 4.69) is 17.0 Å². The predicted molar refractivity (Wildman–Crippen MR) is 80.5 cm³/mol. The molecule has 1 unspecified atom stereocenters. The van der Waals surface area contributed by atoms with Crippen LogP contribution in [0, 0.1) is 5.41 Å². The van der Waals surface area contributed by atoms with Gasteiger partial charge < -0.3 is 9.84 Å². The Morgan fingerprint density at radius 2 is 2.33 bits per heavy atom. The molecular weight excluding hydrogens is 266 g/mol. The lowest BCUT2D eigenvalue weighted by Crippen LogP contribution is -2.47. The standard InChI is InChI=1S/C17H23NO3/c1-2-17(16(19)20)7-3-8-18(12-17)11-13-4-5-15-14(10-13)6-9-21-15/h4-5,10H,2-3,6-9,11-12H2,1H3,(H,19,20). The molecule has 0 spiro atoms. The number of fused-ring (bicyclic) bond motifs is 1. The van der Waals surface area contributed by atoms with Gasteiger partial charge in [-0.1, -0.05) is 19.1 Å². The van der Waals surface area contributed by atoms with Crippen molar-refractivity contribution in [3.05, 3.63) is 29.3 Å². The van der Waals surface area contributed by atoms with E-state index in [0.29, 0.717) is 13.0 Å². The lowest BCUT2D eigenvalue weighted by atomic mass is 9.77. The van der Waals surface area contributed by atoms with E-state index in [1.54, 1.807) is 0 Å². The second-order valence-corrected chi connectivity index (χ2v) is 6.29. The maximum absolute atomic E-state index is 11.6. The Labute approximate surface area is 125 Å². The Morgan fingerprint density at radius 1 is 1.48 bits per heavy atom.